The summed E-state index contributed by atoms with van der Waals surface area (Å²) in [6.45, 7) is 5.37. The maximum atomic E-state index is 12.4. The molecule has 8 heteroatoms. The van der Waals surface area contributed by atoms with E-state index in [-0.39, 0.29) is 17.2 Å². The maximum Gasteiger partial charge on any atom is 0.423 e. The molecule has 0 radical (unpaired) electrons. The van der Waals surface area contributed by atoms with Crippen LogP contribution in [0.1, 0.15) is 49.9 Å². The van der Waals surface area contributed by atoms with E-state index in [2.05, 4.69) is 13.8 Å². The van der Waals surface area contributed by atoms with Crippen molar-refractivity contribution in [2.24, 2.45) is 0 Å². The van der Waals surface area contributed by atoms with Crippen molar-refractivity contribution in [2.45, 2.75) is 39.5 Å². The van der Waals surface area contributed by atoms with E-state index in [4.69, 9.17) is 23.7 Å². The lowest BCUT2D eigenvalue weighted by Gasteiger charge is -2.08. The Bertz CT molecular complexity index is 1150. The minimum absolute atomic E-state index is 0.0926. The summed E-state index contributed by atoms with van der Waals surface area (Å²) in [5.74, 6) is -1.05. The number of hydrogen-bond acceptors (Lipinski definition) is 8. The molecule has 0 aromatic heterocycles. The second kappa shape index (κ2) is 14.3. The van der Waals surface area contributed by atoms with Gasteiger partial charge in [0.2, 0.25) is 0 Å². The van der Waals surface area contributed by atoms with Crippen molar-refractivity contribution in [1.82, 2.24) is 0 Å². The van der Waals surface area contributed by atoms with Gasteiger partial charge in [0.05, 0.1) is 18.8 Å². The number of unbranched alkanes of at least 4 members (excludes halogenated alkanes) is 2. The quantitative estimate of drug-likeness (QED) is 0.132. The van der Waals surface area contributed by atoms with E-state index in [0.717, 1.165) is 25.7 Å². The minimum Gasteiger partial charge on any atom is -0.494 e. The topological polar surface area (TPSA) is 97.4 Å². The third-order valence-corrected chi connectivity index (χ3v) is 5.07. The highest BCUT2D eigenvalue weighted by Crippen LogP contribution is 2.21. The molecular formula is C29H30O8. The van der Waals surface area contributed by atoms with Crippen LogP contribution in [0.3, 0.4) is 0 Å². The van der Waals surface area contributed by atoms with E-state index < -0.39 is 17.9 Å². The fourth-order valence-electron chi connectivity index (χ4n) is 3.00. The molecule has 0 aliphatic heterocycles. The number of rotatable bonds is 12. The number of benzene rings is 3. The van der Waals surface area contributed by atoms with Gasteiger partial charge in [-0.2, -0.15) is 0 Å². The predicted octanol–water partition coefficient (Wildman–Crippen LogP) is 5.77. The average molecular weight is 507 g/mol. The molecule has 0 aliphatic carbocycles. The van der Waals surface area contributed by atoms with Crippen molar-refractivity contribution in [2.75, 3.05) is 13.2 Å². The van der Waals surface area contributed by atoms with Crippen molar-refractivity contribution in [3.8, 4) is 28.7 Å². The molecule has 0 heterocycles. The molecule has 0 saturated heterocycles. The second-order valence-electron chi connectivity index (χ2n) is 8.04. The Balaban J connectivity index is 1.46. The first-order chi connectivity index (χ1) is 18.0. The van der Waals surface area contributed by atoms with Gasteiger partial charge < -0.3 is 23.7 Å². The Morgan fingerprint density at radius 2 is 0.865 bits per heavy atom. The van der Waals surface area contributed by atoms with Crippen LogP contribution >= 0.6 is 0 Å². The molecule has 0 atom stereocenters. The Kier molecular flexibility index (Phi) is 10.5. The lowest BCUT2D eigenvalue weighted by molar-refractivity contribution is -0.156. The van der Waals surface area contributed by atoms with Crippen molar-refractivity contribution >= 4 is 17.9 Å². The van der Waals surface area contributed by atoms with Crippen LogP contribution in [-0.4, -0.2) is 31.1 Å². The number of hydrogen-bond donors (Lipinski definition) is 0. The molecule has 8 nitrogen and oxygen atoms in total. The van der Waals surface area contributed by atoms with Crippen molar-refractivity contribution in [1.29, 1.82) is 0 Å². The zero-order chi connectivity index (χ0) is 26.5. The summed E-state index contributed by atoms with van der Waals surface area (Å²) < 4.78 is 26.6. The molecule has 0 N–H and O–H groups in total. The van der Waals surface area contributed by atoms with Gasteiger partial charge in [0, 0.05) is 0 Å². The monoisotopic (exact) mass is 506 g/mol. The molecule has 0 fully saturated rings. The number of esters is 3. The van der Waals surface area contributed by atoms with Gasteiger partial charge in [-0.05, 0) is 85.6 Å². The number of ether oxygens (including phenoxy) is 5. The molecule has 0 amide bonds. The molecule has 37 heavy (non-hydrogen) atoms. The van der Waals surface area contributed by atoms with Gasteiger partial charge in [-0.1, -0.05) is 26.7 Å². The summed E-state index contributed by atoms with van der Waals surface area (Å²) in [6.07, 6.45) is 3.96. The summed E-state index contributed by atoms with van der Waals surface area (Å²) in [4.78, 5) is 36.6. The van der Waals surface area contributed by atoms with Crippen LogP contribution < -0.4 is 23.7 Å². The minimum atomic E-state index is -1.19. The van der Waals surface area contributed by atoms with Gasteiger partial charge in [-0.25, -0.2) is 14.4 Å². The highest BCUT2D eigenvalue weighted by atomic mass is 16.6. The highest BCUT2D eigenvalue weighted by Gasteiger charge is 2.20. The Morgan fingerprint density at radius 3 is 1.27 bits per heavy atom. The Morgan fingerprint density at radius 1 is 0.514 bits per heavy atom. The predicted molar refractivity (Wildman–Crippen MR) is 136 cm³/mol. The van der Waals surface area contributed by atoms with E-state index in [1.165, 1.54) is 36.4 Å². The van der Waals surface area contributed by atoms with Crippen LogP contribution in [0.2, 0.25) is 0 Å². The van der Waals surface area contributed by atoms with Gasteiger partial charge in [-0.15, -0.1) is 0 Å². The molecule has 0 bridgehead atoms. The van der Waals surface area contributed by atoms with Crippen LogP contribution in [0, 0.1) is 0 Å². The molecule has 0 unspecified atom stereocenters. The summed E-state index contributed by atoms with van der Waals surface area (Å²) in [7, 11) is 0. The van der Waals surface area contributed by atoms with Crippen molar-refractivity contribution < 1.29 is 38.1 Å². The van der Waals surface area contributed by atoms with E-state index >= 15 is 0 Å². The largest absolute Gasteiger partial charge is 0.494 e. The van der Waals surface area contributed by atoms with Crippen LogP contribution in [-0.2, 0) is 9.59 Å². The molecule has 3 aromatic carbocycles. The second-order valence-corrected chi connectivity index (χ2v) is 8.04. The SMILES string of the molecule is CCCCOc1ccc(OC(=O)C(=O)Oc2ccc(OC(=O)c3ccc(OCCCC)cc3)cc2)cc1. The van der Waals surface area contributed by atoms with Gasteiger partial charge >= 0.3 is 17.9 Å². The van der Waals surface area contributed by atoms with Crippen LogP contribution in [0.4, 0.5) is 0 Å². The van der Waals surface area contributed by atoms with Crippen LogP contribution in [0.5, 0.6) is 28.7 Å². The lowest BCUT2D eigenvalue weighted by atomic mass is 10.2. The van der Waals surface area contributed by atoms with Crippen molar-refractivity contribution in [3.63, 3.8) is 0 Å². The van der Waals surface area contributed by atoms with Gasteiger partial charge in [0.15, 0.2) is 0 Å². The standard InChI is InChI=1S/C29H30O8/c1-3-5-19-33-22-9-7-21(8-10-22)27(30)35-24-15-17-26(18-16-24)37-29(32)28(31)36-25-13-11-23(12-14-25)34-20-6-4-2/h7-18H,3-6,19-20H2,1-2H3. The summed E-state index contributed by atoms with van der Waals surface area (Å²) in [6, 6.07) is 18.7. The van der Waals surface area contributed by atoms with Gasteiger partial charge in [0.25, 0.3) is 0 Å². The van der Waals surface area contributed by atoms with E-state index in [0.29, 0.717) is 30.3 Å². The van der Waals surface area contributed by atoms with E-state index in [9.17, 15) is 14.4 Å². The maximum absolute atomic E-state index is 12.4. The number of carbonyl (C=O) groups excluding carboxylic acids is 3. The third-order valence-electron chi connectivity index (χ3n) is 5.07. The number of carbonyl (C=O) groups is 3. The summed E-state index contributed by atoms with van der Waals surface area (Å²) >= 11 is 0. The normalized spacial score (nSPS) is 10.3. The Labute approximate surface area is 216 Å². The third kappa shape index (κ3) is 9.00. The first kappa shape index (κ1) is 27.3. The van der Waals surface area contributed by atoms with Crippen LogP contribution in [0.25, 0.3) is 0 Å². The van der Waals surface area contributed by atoms with Crippen molar-refractivity contribution in [3.05, 3.63) is 78.4 Å². The first-order valence-electron chi connectivity index (χ1n) is 12.2. The zero-order valence-electron chi connectivity index (χ0n) is 20.9. The smallest absolute Gasteiger partial charge is 0.423 e. The fraction of sp³-hybridized carbons (Fsp3) is 0.276. The first-order valence-corrected chi connectivity index (χ1v) is 12.2. The summed E-state index contributed by atoms with van der Waals surface area (Å²) in [5, 5.41) is 0. The van der Waals surface area contributed by atoms with Crippen LogP contribution in [0.15, 0.2) is 72.8 Å². The zero-order valence-corrected chi connectivity index (χ0v) is 20.9. The van der Waals surface area contributed by atoms with E-state index in [1.807, 2.05) is 0 Å². The van der Waals surface area contributed by atoms with Gasteiger partial charge in [0.1, 0.15) is 28.7 Å². The highest BCUT2D eigenvalue weighted by molar-refractivity contribution is 6.31. The Hall–Kier alpha value is -4.33. The summed E-state index contributed by atoms with van der Waals surface area (Å²) in [5.41, 5.74) is 0.363. The molecule has 3 aromatic rings. The van der Waals surface area contributed by atoms with Gasteiger partial charge in [-0.3, -0.25) is 0 Å². The molecule has 0 spiro atoms. The average Bonchev–Trinajstić information content (AvgIpc) is 2.91. The molecule has 3 rings (SSSR count). The van der Waals surface area contributed by atoms with E-state index in [1.54, 1.807) is 36.4 Å². The lowest BCUT2D eigenvalue weighted by Crippen LogP contribution is -2.25. The molecule has 0 aliphatic rings. The molecule has 194 valence electrons. The fourth-order valence-corrected chi connectivity index (χ4v) is 3.00. The molecule has 0 saturated carbocycles. The molecular weight excluding hydrogens is 476 g/mol.